The highest BCUT2D eigenvalue weighted by molar-refractivity contribution is 5.95. The van der Waals surface area contributed by atoms with Gasteiger partial charge in [0.05, 0.1) is 18.8 Å². The number of hydrogen-bond donors (Lipinski definition) is 2. The Morgan fingerprint density at radius 3 is 2.81 bits per heavy atom. The van der Waals surface area contributed by atoms with E-state index in [1.165, 1.54) is 0 Å². The van der Waals surface area contributed by atoms with E-state index in [1.807, 2.05) is 30.6 Å². The van der Waals surface area contributed by atoms with Gasteiger partial charge in [-0.25, -0.2) is 4.98 Å². The van der Waals surface area contributed by atoms with Gasteiger partial charge in [0.1, 0.15) is 30.2 Å². The number of aromatic nitrogens is 2. The van der Waals surface area contributed by atoms with E-state index in [1.54, 1.807) is 4.90 Å². The Kier molecular flexibility index (Phi) is 7.80. The van der Waals surface area contributed by atoms with E-state index in [4.69, 9.17) is 14.6 Å². The molecule has 5 rings (SSSR count). The van der Waals surface area contributed by atoms with Crippen molar-refractivity contribution in [1.29, 1.82) is 5.26 Å². The Hall–Kier alpha value is -3.71. The third-order valence-electron chi connectivity index (χ3n) is 6.96. The second-order valence-corrected chi connectivity index (χ2v) is 9.36. The smallest absolute Gasteiger partial charge is 0.248 e. The highest BCUT2D eigenvalue weighted by Gasteiger charge is 2.24. The number of likely N-dealkylation sites (tertiary alicyclic amines) is 1. The molecule has 0 aliphatic carbocycles. The van der Waals surface area contributed by atoms with E-state index < -0.39 is 6.61 Å². The van der Waals surface area contributed by atoms with Crippen molar-refractivity contribution < 1.29 is 19.4 Å². The van der Waals surface area contributed by atoms with Crippen molar-refractivity contribution in [2.75, 3.05) is 52.5 Å². The molecule has 3 aromatic rings. The van der Waals surface area contributed by atoms with E-state index in [0.29, 0.717) is 37.2 Å². The lowest BCUT2D eigenvalue weighted by Gasteiger charge is -2.32. The molecular formula is C28H31N5O4. The third kappa shape index (κ3) is 5.83. The molecule has 1 amide bonds. The second kappa shape index (κ2) is 11.6. The molecular weight excluding hydrogens is 470 g/mol. The van der Waals surface area contributed by atoms with Crippen LogP contribution in [0.5, 0.6) is 5.75 Å². The SMILES string of the molecule is N#Cc1cc(-c2c[nH]c3ncc(C=CCN4CCOCC4)cc23)ccc1OC1CCN(C(=O)CO)CC1. The first-order valence-corrected chi connectivity index (χ1v) is 12.7. The van der Waals surface area contributed by atoms with Crippen LogP contribution in [-0.2, 0) is 9.53 Å². The van der Waals surface area contributed by atoms with Crippen LogP contribution in [0.15, 0.2) is 42.7 Å². The number of piperidine rings is 1. The molecule has 9 nitrogen and oxygen atoms in total. The summed E-state index contributed by atoms with van der Waals surface area (Å²) in [6, 6.07) is 10.0. The standard InChI is InChI=1S/C28H31N5O4/c29-16-22-15-21(3-4-26(22)37-23-5-8-33(9-6-23)27(35)19-34)25-18-31-28-24(25)14-20(17-30-28)2-1-7-32-10-12-36-13-11-32/h1-4,14-15,17-18,23,34H,5-13,19H2,(H,30,31). The zero-order chi connectivity index (χ0) is 25.6. The number of aliphatic hydroxyl groups is 1. The minimum Gasteiger partial charge on any atom is -0.489 e. The number of ether oxygens (including phenoxy) is 2. The first-order valence-electron chi connectivity index (χ1n) is 12.7. The number of aromatic amines is 1. The molecule has 2 aliphatic heterocycles. The van der Waals surface area contributed by atoms with Crippen LogP contribution in [0.1, 0.15) is 24.0 Å². The zero-order valence-electron chi connectivity index (χ0n) is 20.7. The summed E-state index contributed by atoms with van der Waals surface area (Å²) in [5.74, 6) is 0.285. The van der Waals surface area contributed by atoms with Crippen molar-refractivity contribution in [3.63, 3.8) is 0 Å². The molecule has 4 heterocycles. The molecule has 0 bridgehead atoms. The third-order valence-corrected chi connectivity index (χ3v) is 6.96. The molecule has 2 saturated heterocycles. The van der Waals surface area contributed by atoms with E-state index in [-0.39, 0.29) is 12.0 Å². The summed E-state index contributed by atoms with van der Waals surface area (Å²) < 4.78 is 11.6. The van der Waals surface area contributed by atoms with Gasteiger partial charge in [0.2, 0.25) is 5.91 Å². The van der Waals surface area contributed by atoms with Crippen molar-refractivity contribution in [3.8, 4) is 22.9 Å². The lowest BCUT2D eigenvalue weighted by atomic mass is 10.0. The summed E-state index contributed by atoms with van der Waals surface area (Å²) in [5, 5.41) is 19.9. The van der Waals surface area contributed by atoms with Gasteiger partial charge < -0.3 is 24.5 Å². The van der Waals surface area contributed by atoms with E-state index in [2.05, 4.69) is 39.2 Å². The molecule has 0 saturated carbocycles. The Morgan fingerprint density at radius 1 is 1.24 bits per heavy atom. The molecule has 0 spiro atoms. The van der Waals surface area contributed by atoms with Gasteiger partial charge in [-0.3, -0.25) is 9.69 Å². The van der Waals surface area contributed by atoms with Crippen molar-refractivity contribution in [2.24, 2.45) is 0 Å². The van der Waals surface area contributed by atoms with Crippen LogP contribution >= 0.6 is 0 Å². The molecule has 9 heteroatoms. The summed E-state index contributed by atoms with van der Waals surface area (Å²) in [6.07, 6.45) is 9.27. The van der Waals surface area contributed by atoms with Crippen LogP contribution in [-0.4, -0.2) is 89.4 Å². The number of benzene rings is 1. The van der Waals surface area contributed by atoms with Crippen LogP contribution in [0.4, 0.5) is 0 Å². The normalized spacial score (nSPS) is 17.4. The number of nitriles is 1. The number of aliphatic hydroxyl groups excluding tert-OH is 1. The number of carbonyl (C=O) groups is 1. The fourth-order valence-electron chi connectivity index (χ4n) is 4.86. The Bertz CT molecular complexity index is 1310. The molecule has 0 unspecified atom stereocenters. The van der Waals surface area contributed by atoms with Gasteiger partial charge in [-0.05, 0) is 29.3 Å². The molecule has 37 heavy (non-hydrogen) atoms. The number of nitrogens with zero attached hydrogens (tertiary/aromatic N) is 4. The second-order valence-electron chi connectivity index (χ2n) is 9.36. The number of carbonyl (C=O) groups excluding carboxylic acids is 1. The van der Waals surface area contributed by atoms with Crippen molar-refractivity contribution in [2.45, 2.75) is 18.9 Å². The van der Waals surface area contributed by atoms with Crippen LogP contribution < -0.4 is 4.74 Å². The molecule has 2 fully saturated rings. The average Bonchev–Trinajstić information content (AvgIpc) is 3.37. The zero-order valence-corrected chi connectivity index (χ0v) is 20.7. The molecule has 1 aromatic carbocycles. The number of morpholine rings is 1. The lowest BCUT2D eigenvalue weighted by molar-refractivity contribution is -0.135. The van der Waals surface area contributed by atoms with Crippen LogP contribution in [0.3, 0.4) is 0 Å². The average molecular weight is 502 g/mol. The number of H-pyrrole nitrogens is 1. The molecule has 2 aromatic heterocycles. The Morgan fingerprint density at radius 2 is 2.05 bits per heavy atom. The van der Waals surface area contributed by atoms with Crippen LogP contribution in [0.25, 0.3) is 28.2 Å². The maximum absolute atomic E-state index is 11.7. The van der Waals surface area contributed by atoms with Gasteiger partial charge in [-0.15, -0.1) is 0 Å². The van der Waals surface area contributed by atoms with Crippen molar-refractivity contribution >= 4 is 23.0 Å². The molecule has 2 aliphatic rings. The highest BCUT2D eigenvalue weighted by Crippen LogP contribution is 2.32. The predicted octanol–water partition coefficient (Wildman–Crippen LogP) is 2.81. The van der Waals surface area contributed by atoms with Gasteiger partial charge in [0.25, 0.3) is 0 Å². The first kappa shape index (κ1) is 25.0. The first-order chi connectivity index (χ1) is 18.1. The van der Waals surface area contributed by atoms with Crippen molar-refractivity contribution in [3.05, 3.63) is 53.9 Å². The summed E-state index contributed by atoms with van der Waals surface area (Å²) >= 11 is 0. The van der Waals surface area contributed by atoms with Crippen LogP contribution in [0.2, 0.25) is 0 Å². The number of pyridine rings is 1. The monoisotopic (exact) mass is 501 g/mol. The largest absolute Gasteiger partial charge is 0.489 e. The van der Waals surface area contributed by atoms with Gasteiger partial charge in [-0.2, -0.15) is 5.26 Å². The van der Waals surface area contributed by atoms with Crippen molar-refractivity contribution in [1.82, 2.24) is 19.8 Å². The molecule has 0 radical (unpaired) electrons. The fraction of sp³-hybridized carbons (Fsp3) is 0.393. The topological polar surface area (TPSA) is 115 Å². The summed E-state index contributed by atoms with van der Waals surface area (Å²) in [6.45, 7) is 4.96. The number of amides is 1. The van der Waals surface area contributed by atoms with Gasteiger partial charge >= 0.3 is 0 Å². The fourth-order valence-corrected chi connectivity index (χ4v) is 4.86. The van der Waals surface area contributed by atoms with E-state index in [0.717, 1.165) is 60.6 Å². The molecule has 192 valence electrons. The molecule has 2 N–H and O–H groups in total. The summed E-state index contributed by atoms with van der Waals surface area (Å²) in [4.78, 5) is 23.5. The quantitative estimate of drug-likeness (QED) is 0.512. The van der Waals surface area contributed by atoms with Gasteiger partial charge in [-0.1, -0.05) is 18.2 Å². The number of nitrogens with one attached hydrogen (secondary N) is 1. The maximum atomic E-state index is 11.7. The maximum Gasteiger partial charge on any atom is 0.248 e. The lowest BCUT2D eigenvalue weighted by Crippen LogP contribution is -2.42. The van der Waals surface area contributed by atoms with E-state index >= 15 is 0 Å². The number of fused-ring (bicyclic) bond motifs is 1. The predicted molar refractivity (Wildman–Crippen MR) is 140 cm³/mol. The number of rotatable bonds is 7. The Balaban J connectivity index is 1.30. The summed E-state index contributed by atoms with van der Waals surface area (Å²) in [5.41, 5.74) is 4.17. The summed E-state index contributed by atoms with van der Waals surface area (Å²) in [7, 11) is 0. The number of hydrogen-bond acceptors (Lipinski definition) is 7. The van der Waals surface area contributed by atoms with E-state index in [9.17, 15) is 10.1 Å². The Labute approximate surface area is 215 Å². The highest BCUT2D eigenvalue weighted by atomic mass is 16.5. The minimum atomic E-state index is -0.471. The van der Waals surface area contributed by atoms with Gasteiger partial charge in [0.15, 0.2) is 0 Å². The van der Waals surface area contributed by atoms with Crippen LogP contribution in [0, 0.1) is 11.3 Å². The van der Waals surface area contributed by atoms with Gasteiger partial charge in [0, 0.05) is 68.9 Å². The molecule has 0 atom stereocenters. The minimum absolute atomic E-state index is 0.0789.